The van der Waals surface area contributed by atoms with Crippen molar-refractivity contribution in [3.8, 4) is 0 Å². The Morgan fingerprint density at radius 2 is 1.44 bits per heavy atom. The van der Waals surface area contributed by atoms with Crippen molar-refractivity contribution in [1.29, 1.82) is 0 Å². The molecular weight excluding hydrogens is 488 g/mol. The fourth-order valence-electron chi connectivity index (χ4n) is 7.88. The van der Waals surface area contributed by atoms with E-state index in [1.54, 1.807) is 5.57 Å². The monoisotopic (exact) mass is 532 g/mol. The van der Waals surface area contributed by atoms with E-state index in [4.69, 9.17) is 0 Å². The summed E-state index contributed by atoms with van der Waals surface area (Å²) in [6.07, 6.45) is 8.63. The molecule has 3 aliphatic rings. The predicted molar refractivity (Wildman–Crippen MR) is 172 cm³/mol. The Morgan fingerprint density at radius 1 is 0.846 bits per heavy atom. The van der Waals surface area contributed by atoms with Crippen LogP contribution in [-0.4, -0.2) is 8.24 Å². The molecule has 2 aliphatic carbocycles. The van der Waals surface area contributed by atoms with Gasteiger partial charge in [0.25, 0.3) is 0 Å². The average molecular weight is 533 g/mol. The molecular formula is C36H44N2Si. The van der Waals surface area contributed by atoms with Crippen molar-refractivity contribution in [2.45, 2.75) is 65.1 Å². The molecule has 2 nitrogen and oxygen atoms in total. The molecule has 3 aromatic carbocycles. The van der Waals surface area contributed by atoms with Crippen molar-refractivity contribution >= 4 is 36.6 Å². The van der Waals surface area contributed by atoms with Gasteiger partial charge in [-0.3, -0.25) is 0 Å². The molecule has 1 fully saturated rings. The van der Waals surface area contributed by atoms with E-state index < -0.39 is 8.24 Å². The number of hydrogen-bond acceptors (Lipinski definition) is 2. The summed E-state index contributed by atoms with van der Waals surface area (Å²) in [6, 6.07) is 27.3. The zero-order valence-corrected chi connectivity index (χ0v) is 25.7. The van der Waals surface area contributed by atoms with E-state index in [1.807, 2.05) is 0 Å². The van der Waals surface area contributed by atoms with Gasteiger partial charge in [0.2, 0.25) is 0 Å². The van der Waals surface area contributed by atoms with Crippen LogP contribution in [0.15, 0.2) is 91.0 Å². The molecule has 0 amide bonds. The molecule has 3 heteroatoms. The fraction of sp³-hybridized carbons (Fsp3) is 0.389. The fourth-order valence-corrected chi connectivity index (χ4v) is 12.7. The van der Waals surface area contributed by atoms with E-state index in [0.29, 0.717) is 29.2 Å². The summed E-state index contributed by atoms with van der Waals surface area (Å²) in [5, 5.41) is 3.72. The zero-order valence-electron chi connectivity index (χ0n) is 24.7. The van der Waals surface area contributed by atoms with Crippen molar-refractivity contribution in [2.75, 3.05) is 9.88 Å². The van der Waals surface area contributed by atoms with E-state index >= 15 is 0 Å². The minimum Gasteiger partial charge on any atom is -0.366 e. The SMILES string of the molecule is CC(C)[C@@H]1C[C@@H]2C(c3ccc(C(C)(C)C)cc3)=CC=C[C@@H]2C1[Si](C)(C)N1c2ccccc2Nc2ccccc21. The van der Waals surface area contributed by atoms with Crippen LogP contribution >= 0.6 is 0 Å². The molecule has 0 radical (unpaired) electrons. The maximum absolute atomic E-state index is 3.72. The van der Waals surface area contributed by atoms with Crippen LogP contribution < -0.4 is 9.88 Å². The molecule has 1 aliphatic heterocycles. The maximum Gasteiger partial charge on any atom is 0.160 e. The minimum atomic E-state index is -2.06. The highest BCUT2D eigenvalue weighted by Gasteiger charge is 2.55. The third-order valence-corrected chi connectivity index (χ3v) is 13.8. The average Bonchev–Trinajstić information content (AvgIpc) is 3.32. The summed E-state index contributed by atoms with van der Waals surface area (Å²) in [7, 11) is -2.06. The Labute approximate surface area is 236 Å². The van der Waals surface area contributed by atoms with Gasteiger partial charge in [0, 0.05) is 0 Å². The van der Waals surface area contributed by atoms with Crippen LogP contribution in [0.2, 0.25) is 18.6 Å². The van der Waals surface area contributed by atoms with Crippen LogP contribution in [0.5, 0.6) is 0 Å². The Bertz CT molecular complexity index is 1380. The van der Waals surface area contributed by atoms with Crippen molar-refractivity contribution in [2.24, 2.45) is 23.7 Å². The number of benzene rings is 3. The van der Waals surface area contributed by atoms with E-state index in [-0.39, 0.29) is 5.41 Å². The van der Waals surface area contributed by atoms with Crippen LogP contribution in [0.4, 0.5) is 22.7 Å². The molecule has 4 atom stereocenters. The summed E-state index contributed by atoms with van der Waals surface area (Å²) in [6.45, 7) is 17.1. The highest BCUT2D eigenvalue weighted by Crippen LogP contribution is 2.61. The second kappa shape index (κ2) is 9.55. The molecule has 0 aromatic heterocycles. The van der Waals surface area contributed by atoms with E-state index in [9.17, 15) is 0 Å². The number of allylic oxidation sites excluding steroid dienone is 4. The second-order valence-electron chi connectivity index (χ2n) is 13.8. The first-order valence-electron chi connectivity index (χ1n) is 14.8. The predicted octanol–water partition coefficient (Wildman–Crippen LogP) is 10.3. The number of para-hydroxylation sites is 4. The lowest BCUT2D eigenvalue weighted by Crippen LogP contribution is -2.54. The smallest absolute Gasteiger partial charge is 0.160 e. The number of nitrogens with zero attached hydrogens (tertiary/aromatic N) is 1. The van der Waals surface area contributed by atoms with Crippen LogP contribution in [0.3, 0.4) is 0 Å². The van der Waals surface area contributed by atoms with Gasteiger partial charge in [-0.2, -0.15) is 0 Å². The largest absolute Gasteiger partial charge is 0.366 e. The molecule has 0 spiro atoms. The summed E-state index contributed by atoms with van der Waals surface area (Å²) in [5.41, 5.74) is 10.3. The second-order valence-corrected chi connectivity index (χ2v) is 18.3. The van der Waals surface area contributed by atoms with Gasteiger partial charge in [-0.15, -0.1) is 0 Å². The Hall–Kier alpha value is -3.04. The summed E-state index contributed by atoms with van der Waals surface area (Å²) in [5.74, 6) is 2.48. The van der Waals surface area contributed by atoms with Gasteiger partial charge in [-0.25, -0.2) is 0 Å². The number of hydrogen-bond donors (Lipinski definition) is 1. The molecule has 3 aromatic rings. The molecule has 0 bridgehead atoms. The van der Waals surface area contributed by atoms with Crippen LogP contribution in [-0.2, 0) is 5.41 Å². The summed E-state index contributed by atoms with van der Waals surface area (Å²) >= 11 is 0. The molecule has 0 saturated heterocycles. The summed E-state index contributed by atoms with van der Waals surface area (Å²) < 4.78 is 2.79. The Kier molecular flexibility index (Phi) is 6.42. The first-order chi connectivity index (χ1) is 18.6. The normalized spacial score (nSPS) is 24.1. The van der Waals surface area contributed by atoms with Gasteiger partial charge in [-0.05, 0) is 82.0 Å². The first kappa shape index (κ1) is 26.2. The Balaban J connectivity index is 1.42. The minimum absolute atomic E-state index is 0.175. The van der Waals surface area contributed by atoms with Crippen molar-refractivity contribution in [1.82, 2.24) is 0 Å². The van der Waals surface area contributed by atoms with Gasteiger partial charge in [0.1, 0.15) is 0 Å². The van der Waals surface area contributed by atoms with Gasteiger partial charge in [0.15, 0.2) is 8.24 Å². The van der Waals surface area contributed by atoms with Gasteiger partial charge in [-0.1, -0.05) is 114 Å². The number of fused-ring (bicyclic) bond motifs is 3. The number of anilines is 4. The van der Waals surface area contributed by atoms with E-state index in [1.165, 1.54) is 40.3 Å². The van der Waals surface area contributed by atoms with Crippen molar-refractivity contribution in [3.63, 3.8) is 0 Å². The molecule has 1 heterocycles. The van der Waals surface area contributed by atoms with Crippen LogP contribution in [0, 0.1) is 23.7 Å². The van der Waals surface area contributed by atoms with Gasteiger partial charge >= 0.3 is 0 Å². The highest BCUT2D eigenvalue weighted by molar-refractivity contribution is 6.84. The van der Waals surface area contributed by atoms with E-state index in [0.717, 1.165) is 0 Å². The van der Waals surface area contributed by atoms with Crippen molar-refractivity contribution < 1.29 is 0 Å². The number of nitrogens with one attached hydrogen (secondary N) is 1. The highest BCUT2D eigenvalue weighted by atomic mass is 28.3. The molecule has 1 unspecified atom stereocenters. The maximum atomic E-state index is 3.72. The molecule has 202 valence electrons. The third kappa shape index (κ3) is 4.39. The lowest BCUT2D eigenvalue weighted by molar-refractivity contribution is 0.379. The topological polar surface area (TPSA) is 15.3 Å². The lowest BCUT2D eigenvalue weighted by Gasteiger charge is -2.50. The molecule has 6 rings (SSSR count). The van der Waals surface area contributed by atoms with Crippen LogP contribution in [0.25, 0.3) is 5.57 Å². The van der Waals surface area contributed by atoms with Crippen LogP contribution in [0.1, 0.15) is 52.2 Å². The third-order valence-electron chi connectivity index (χ3n) is 9.77. The lowest BCUT2D eigenvalue weighted by atomic mass is 9.80. The molecule has 1 N–H and O–H groups in total. The Morgan fingerprint density at radius 3 is 2.00 bits per heavy atom. The molecule has 39 heavy (non-hydrogen) atoms. The first-order valence-corrected chi connectivity index (χ1v) is 17.8. The van der Waals surface area contributed by atoms with Gasteiger partial charge in [0.05, 0.1) is 22.7 Å². The quantitative estimate of drug-likeness (QED) is 0.336. The van der Waals surface area contributed by atoms with Crippen molar-refractivity contribution in [3.05, 3.63) is 102 Å². The standard InChI is InChI=1S/C36H44N2Si/c1-24(2)29-23-30-27(25-19-21-26(22-20-25)36(3,4)5)13-12-14-28(30)35(29)39(6,7)38-33-17-10-8-15-31(33)37-32-16-9-11-18-34(32)38/h8-22,24,28-30,35,37H,23H2,1-7H3/t28-,29-,30+,35?/m0/s1. The molecule has 1 saturated carbocycles. The van der Waals surface area contributed by atoms with Gasteiger partial charge < -0.3 is 9.88 Å². The van der Waals surface area contributed by atoms with E-state index in [2.05, 4.69) is 149 Å². The summed E-state index contributed by atoms with van der Waals surface area (Å²) in [4.78, 5) is 0. The zero-order chi connectivity index (χ0) is 27.5. The number of rotatable bonds is 4.